The van der Waals surface area contributed by atoms with E-state index in [1.54, 1.807) is 13.0 Å². The Kier molecular flexibility index (Phi) is 3.69. The van der Waals surface area contributed by atoms with Crippen molar-refractivity contribution in [3.05, 3.63) is 45.1 Å². The van der Waals surface area contributed by atoms with Gasteiger partial charge in [-0.05, 0) is 26.0 Å². The zero-order valence-electron chi connectivity index (χ0n) is 10.1. The Balaban J connectivity index is 2.66. The summed E-state index contributed by atoms with van der Waals surface area (Å²) in [6, 6.07) is 5.36. The smallest absolute Gasteiger partial charge is 0.294 e. The van der Waals surface area contributed by atoms with Crippen LogP contribution in [0.15, 0.2) is 23.9 Å². The van der Waals surface area contributed by atoms with Crippen molar-refractivity contribution in [2.45, 2.75) is 23.7 Å². The predicted molar refractivity (Wildman–Crippen MR) is 75.5 cm³/mol. The molecule has 0 aromatic heterocycles. The van der Waals surface area contributed by atoms with Gasteiger partial charge < -0.3 is 4.74 Å². The van der Waals surface area contributed by atoms with E-state index in [1.165, 1.54) is 0 Å². The third-order valence-electron chi connectivity index (χ3n) is 2.91. The van der Waals surface area contributed by atoms with Gasteiger partial charge in [0.05, 0.1) is 4.92 Å². The molecule has 1 atom stereocenters. The van der Waals surface area contributed by atoms with Crippen molar-refractivity contribution in [3.63, 3.8) is 0 Å². The third kappa shape index (κ3) is 2.66. The Hall–Kier alpha value is -0.970. The second kappa shape index (κ2) is 4.85. The summed E-state index contributed by atoms with van der Waals surface area (Å²) in [6.07, 6.45) is -1.23. The van der Waals surface area contributed by atoms with Gasteiger partial charge in [0.15, 0.2) is 0 Å². The molecule has 1 aromatic rings. The van der Waals surface area contributed by atoms with Crippen molar-refractivity contribution >= 4 is 40.4 Å². The van der Waals surface area contributed by atoms with Gasteiger partial charge in [-0.15, -0.1) is 0 Å². The molecule has 102 valence electrons. The Labute approximate surface area is 125 Å². The molecule has 0 spiro atoms. The highest BCUT2D eigenvalue weighted by atomic mass is 35.6. The number of nitro groups is 1. The first-order chi connectivity index (χ1) is 8.71. The number of ether oxygens (including phenoxy) is 1. The molecule has 19 heavy (non-hydrogen) atoms. The van der Waals surface area contributed by atoms with Crippen LogP contribution in [0.4, 0.5) is 0 Å². The van der Waals surface area contributed by atoms with Crippen molar-refractivity contribution in [1.82, 2.24) is 0 Å². The summed E-state index contributed by atoms with van der Waals surface area (Å²) in [5.41, 5.74) is 1.85. The molecule has 0 bridgehead atoms. The highest BCUT2D eigenvalue weighted by molar-refractivity contribution is 6.68. The standard InChI is InChI=1S/C12H10Cl3NO3/c1-6-3-4-9-8(5-6)7(2)10(16(17)18)11(19-9)12(13,14)15/h3-5,11H,1-2H3. The van der Waals surface area contributed by atoms with Crippen LogP contribution in [-0.4, -0.2) is 14.8 Å². The minimum atomic E-state index is -1.91. The highest BCUT2D eigenvalue weighted by Gasteiger charge is 2.48. The van der Waals surface area contributed by atoms with Crippen LogP contribution in [0.1, 0.15) is 18.1 Å². The quantitative estimate of drug-likeness (QED) is 0.444. The predicted octanol–water partition coefficient (Wildman–Crippen LogP) is 4.13. The molecule has 0 radical (unpaired) electrons. The molecule has 1 unspecified atom stereocenters. The van der Waals surface area contributed by atoms with E-state index in [0.717, 1.165) is 5.56 Å². The fraction of sp³-hybridized carbons (Fsp3) is 0.333. The molecular formula is C12H10Cl3NO3. The SMILES string of the molecule is CC1=C([N+](=O)[O-])C(C(Cl)(Cl)Cl)Oc2ccc(C)cc21. The number of halogens is 3. The number of alkyl halides is 3. The lowest BCUT2D eigenvalue weighted by Crippen LogP contribution is -2.39. The van der Waals surface area contributed by atoms with Gasteiger partial charge >= 0.3 is 0 Å². The summed E-state index contributed by atoms with van der Waals surface area (Å²) in [5.74, 6) is 0.477. The molecule has 1 aliphatic rings. The van der Waals surface area contributed by atoms with Gasteiger partial charge in [0.25, 0.3) is 5.70 Å². The number of fused-ring (bicyclic) bond motifs is 1. The van der Waals surface area contributed by atoms with Crippen molar-refractivity contribution in [2.75, 3.05) is 0 Å². The van der Waals surface area contributed by atoms with Gasteiger partial charge in [-0.2, -0.15) is 0 Å². The Morgan fingerprint density at radius 1 is 1.32 bits per heavy atom. The normalized spacial score (nSPS) is 18.9. The first kappa shape index (κ1) is 14.4. The van der Waals surface area contributed by atoms with E-state index >= 15 is 0 Å². The zero-order chi connectivity index (χ0) is 14.4. The van der Waals surface area contributed by atoms with Crippen LogP contribution < -0.4 is 4.74 Å². The van der Waals surface area contributed by atoms with Crippen molar-refractivity contribution in [1.29, 1.82) is 0 Å². The van der Waals surface area contributed by atoms with Gasteiger partial charge in [0.2, 0.25) is 9.90 Å². The van der Waals surface area contributed by atoms with Crippen LogP contribution in [0.25, 0.3) is 5.57 Å². The van der Waals surface area contributed by atoms with Gasteiger partial charge in [0.1, 0.15) is 5.75 Å². The fourth-order valence-corrected chi connectivity index (χ4v) is 2.46. The van der Waals surface area contributed by atoms with Crippen LogP contribution in [-0.2, 0) is 0 Å². The maximum Gasteiger partial charge on any atom is 0.294 e. The molecule has 0 saturated carbocycles. The lowest BCUT2D eigenvalue weighted by molar-refractivity contribution is -0.434. The Bertz CT molecular complexity index is 578. The van der Waals surface area contributed by atoms with E-state index in [-0.39, 0.29) is 5.70 Å². The van der Waals surface area contributed by atoms with Crippen LogP contribution in [0.2, 0.25) is 0 Å². The number of aryl methyl sites for hydroxylation is 1. The maximum absolute atomic E-state index is 11.2. The third-order valence-corrected chi connectivity index (χ3v) is 3.51. The second-order valence-electron chi connectivity index (χ2n) is 4.31. The van der Waals surface area contributed by atoms with Gasteiger partial charge in [-0.1, -0.05) is 46.4 Å². The summed E-state index contributed by atoms with van der Waals surface area (Å²) < 4.78 is 3.59. The molecule has 0 amide bonds. The molecule has 7 heteroatoms. The topological polar surface area (TPSA) is 52.4 Å². The lowest BCUT2D eigenvalue weighted by atomic mass is 9.97. The molecule has 1 heterocycles. The summed E-state index contributed by atoms with van der Waals surface area (Å²) in [7, 11) is 0. The molecule has 0 saturated heterocycles. The molecule has 0 aliphatic carbocycles. The van der Waals surface area contributed by atoms with E-state index < -0.39 is 14.8 Å². The van der Waals surface area contributed by atoms with Crippen molar-refractivity contribution in [3.8, 4) is 5.75 Å². The van der Waals surface area contributed by atoms with Gasteiger partial charge in [-0.3, -0.25) is 10.1 Å². The summed E-state index contributed by atoms with van der Waals surface area (Å²) >= 11 is 17.3. The number of benzene rings is 1. The number of hydrogen-bond acceptors (Lipinski definition) is 3. The van der Waals surface area contributed by atoms with Crippen LogP contribution in [0, 0.1) is 17.0 Å². The molecule has 4 nitrogen and oxygen atoms in total. The largest absolute Gasteiger partial charge is 0.474 e. The van der Waals surface area contributed by atoms with Gasteiger partial charge in [-0.25, -0.2) is 0 Å². The van der Waals surface area contributed by atoms with Crippen molar-refractivity contribution < 1.29 is 9.66 Å². The number of hydrogen-bond donors (Lipinski definition) is 0. The average Bonchev–Trinajstić information content (AvgIpc) is 2.27. The minimum absolute atomic E-state index is 0.224. The zero-order valence-corrected chi connectivity index (χ0v) is 12.4. The van der Waals surface area contributed by atoms with E-state index in [2.05, 4.69) is 0 Å². The molecular weight excluding hydrogens is 312 g/mol. The van der Waals surface area contributed by atoms with E-state index in [9.17, 15) is 10.1 Å². The van der Waals surface area contributed by atoms with E-state index in [0.29, 0.717) is 16.9 Å². The van der Waals surface area contributed by atoms with Gasteiger partial charge in [0, 0.05) is 11.1 Å². The van der Waals surface area contributed by atoms with Crippen LogP contribution >= 0.6 is 34.8 Å². The first-order valence-corrected chi connectivity index (χ1v) is 6.54. The molecule has 2 rings (SSSR count). The monoisotopic (exact) mass is 321 g/mol. The Morgan fingerprint density at radius 3 is 2.47 bits per heavy atom. The van der Waals surface area contributed by atoms with Crippen molar-refractivity contribution in [2.24, 2.45) is 0 Å². The van der Waals surface area contributed by atoms with Crippen LogP contribution in [0.5, 0.6) is 5.75 Å². The summed E-state index contributed by atoms with van der Waals surface area (Å²) in [5, 5.41) is 11.2. The molecule has 0 N–H and O–H groups in total. The summed E-state index contributed by atoms with van der Waals surface area (Å²) in [4.78, 5) is 10.6. The van der Waals surface area contributed by atoms with E-state index in [4.69, 9.17) is 39.5 Å². The maximum atomic E-state index is 11.2. The number of nitrogens with zero attached hydrogens (tertiary/aromatic N) is 1. The highest BCUT2D eigenvalue weighted by Crippen LogP contribution is 2.44. The van der Waals surface area contributed by atoms with E-state index in [1.807, 2.05) is 19.1 Å². The molecule has 1 aromatic carbocycles. The van der Waals surface area contributed by atoms with Crippen LogP contribution in [0.3, 0.4) is 0 Å². The first-order valence-electron chi connectivity index (χ1n) is 5.41. The lowest BCUT2D eigenvalue weighted by Gasteiger charge is -2.29. The Morgan fingerprint density at radius 2 is 1.95 bits per heavy atom. The second-order valence-corrected chi connectivity index (χ2v) is 6.68. The summed E-state index contributed by atoms with van der Waals surface area (Å²) in [6.45, 7) is 3.52. The number of allylic oxidation sites excluding steroid dienone is 1. The average molecular weight is 323 g/mol. The molecule has 1 aliphatic heterocycles. The number of rotatable bonds is 1. The minimum Gasteiger partial charge on any atom is -0.474 e. The fourth-order valence-electron chi connectivity index (χ4n) is 2.01. The molecule has 0 fully saturated rings.